The highest BCUT2D eigenvalue weighted by molar-refractivity contribution is 9.10. The number of amides is 1. The number of carbonyl (C=O) groups is 1. The molecule has 1 unspecified atom stereocenters. The number of ether oxygens (including phenoxy) is 1. The molecule has 0 aliphatic carbocycles. The van der Waals surface area contributed by atoms with Crippen LogP contribution >= 0.6 is 27.5 Å². The summed E-state index contributed by atoms with van der Waals surface area (Å²) in [5.41, 5.74) is 2.74. The van der Waals surface area contributed by atoms with E-state index in [9.17, 15) is 4.79 Å². The molecule has 3 aromatic rings. The van der Waals surface area contributed by atoms with E-state index in [0.717, 1.165) is 21.3 Å². The van der Waals surface area contributed by atoms with Crippen molar-refractivity contribution in [3.63, 3.8) is 0 Å². The Labute approximate surface area is 176 Å². The van der Waals surface area contributed by atoms with E-state index < -0.39 is 6.10 Å². The Morgan fingerprint density at radius 3 is 2.64 bits per heavy atom. The first-order valence-corrected chi connectivity index (χ1v) is 10.1. The fraction of sp³-hybridized carbons (Fsp3) is 0.238. The van der Waals surface area contributed by atoms with Crippen molar-refractivity contribution < 1.29 is 14.1 Å². The molecule has 1 amide bonds. The Kier molecular flexibility index (Phi) is 5.42. The summed E-state index contributed by atoms with van der Waals surface area (Å²) < 4.78 is 12.4. The Hall–Kier alpha value is -2.31. The second kappa shape index (κ2) is 7.97. The molecule has 2 aromatic carbocycles. The van der Waals surface area contributed by atoms with Crippen LogP contribution in [0.5, 0.6) is 5.75 Å². The van der Waals surface area contributed by atoms with Gasteiger partial charge in [0.2, 0.25) is 0 Å². The molecule has 4 rings (SSSR count). The SMILES string of the molecule is CC(Oc1ccc(Br)cc1)C(=O)N1CCc2noc(-c3ccc(Cl)cc3)c2C1. The van der Waals surface area contributed by atoms with E-state index in [1.54, 1.807) is 11.8 Å². The molecule has 1 aliphatic heterocycles. The lowest BCUT2D eigenvalue weighted by atomic mass is 10.0. The minimum Gasteiger partial charge on any atom is -0.481 e. The number of fused-ring (bicyclic) bond motifs is 1. The van der Waals surface area contributed by atoms with Gasteiger partial charge in [-0.1, -0.05) is 32.7 Å². The molecule has 144 valence electrons. The van der Waals surface area contributed by atoms with Gasteiger partial charge in [-0.3, -0.25) is 4.79 Å². The molecule has 0 saturated carbocycles. The lowest BCUT2D eigenvalue weighted by Crippen LogP contribution is -2.43. The first kappa shape index (κ1) is 19.0. The number of rotatable bonds is 4. The Morgan fingerprint density at radius 2 is 1.93 bits per heavy atom. The number of benzene rings is 2. The predicted molar refractivity (Wildman–Crippen MR) is 110 cm³/mol. The van der Waals surface area contributed by atoms with Gasteiger partial charge in [0.15, 0.2) is 11.9 Å². The minimum absolute atomic E-state index is 0.0585. The van der Waals surface area contributed by atoms with Crippen LogP contribution in [0.3, 0.4) is 0 Å². The van der Waals surface area contributed by atoms with Gasteiger partial charge in [-0.15, -0.1) is 0 Å². The summed E-state index contributed by atoms with van der Waals surface area (Å²) in [6.07, 6.45) is 0.0740. The number of carbonyl (C=O) groups excluding carboxylic acids is 1. The van der Waals surface area contributed by atoms with Crippen molar-refractivity contribution in [2.24, 2.45) is 0 Å². The molecule has 0 spiro atoms. The van der Waals surface area contributed by atoms with E-state index >= 15 is 0 Å². The smallest absolute Gasteiger partial charge is 0.263 e. The highest BCUT2D eigenvalue weighted by Gasteiger charge is 2.30. The van der Waals surface area contributed by atoms with E-state index in [1.165, 1.54) is 0 Å². The summed E-state index contributed by atoms with van der Waals surface area (Å²) in [4.78, 5) is 14.7. The summed E-state index contributed by atoms with van der Waals surface area (Å²) in [6, 6.07) is 14.8. The standard InChI is InChI=1S/C21H18BrClN2O3/c1-13(27-17-8-4-15(22)5-9-17)21(26)25-11-10-19-18(12-25)20(28-24-19)14-2-6-16(23)7-3-14/h2-9,13H,10-12H2,1H3. The summed E-state index contributed by atoms with van der Waals surface area (Å²) in [5.74, 6) is 1.29. The molecule has 1 aliphatic rings. The van der Waals surface area contributed by atoms with Crippen LogP contribution in [0.25, 0.3) is 11.3 Å². The zero-order valence-corrected chi connectivity index (χ0v) is 17.5. The van der Waals surface area contributed by atoms with Crippen LogP contribution in [0.1, 0.15) is 18.2 Å². The number of aromatic nitrogens is 1. The molecule has 0 radical (unpaired) electrons. The Morgan fingerprint density at radius 1 is 1.21 bits per heavy atom. The number of halogens is 2. The van der Waals surface area contributed by atoms with Crippen molar-refractivity contribution in [2.75, 3.05) is 6.54 Å². The number of hydrogen-bond donors (Lipinski definition) is 0. The van der Waals surface area contributed by atoms with Crippen LogP contribution in [0.15, 0.2) is 57.5 Å². The van der Waals surface area contributed by atoms with Crippen LogP contribution in [-0.2, 0) is 17.8 Å². The third-order valence-electron chi connectivity index (χ3n) is 4.73. The van der Waals surface area contributed by atoms with Gasteiger partial charge in [0.1, 0.15) is 5.75 Å². The van der Waals surface area contributed by atoms with E-state index in [-0.39, 0.29) is 5.91 Å². The summed E-state index contributed by atoms with van der Waals surface area (Å²) in [6.45, 7) is 2.81. The average molecular weight is 462 g/mol. The highest BCUT2D eigenvalue weighted by Crippen LogP contribution is 2.31. The van der Waals surface area contributed by atoms with Crippen molar-refractivity contribution in [1.29, 1.82) is 0 Å². The van der Waals surface area contributed by atoms with E-state index in [0.29, 0.717) is 36.0 Å². The minimum atomic E-state index is -0.582. The molecule has 5 nitrogen and oxygen atoms in total. The van der Waals surface area contributed by atoms with Gasteiger partial charge in [-0.25, -0.2) is 0 Å². The van der Waals surface area contributed by atoms with E-state index in [4.69, 9.17) is 20.9 Å². The fourth-order valence-electron chi connectivity index (χ4n) is 3.25. The van der Waals surface area contributed by atoms with Crippen LogP contribution in [0.2, 0.25) is 5.02 Å². The van der Waals surface area contributed by atoms with Crippen molar-refractivity contribution in [1.82, 2.24) is 10.1 Å². The monoisotopic (exact) mass is 460 g/mol. The topological polar surface area (TPSA) is 55.6 Å². The number of nitrogens with zero attached hydrogens (tertiary/aromatic N) is 2. The summed E-state index contributed by atoms with van der Waals surface area (Å²) in [5, 5.41) is 4.85. The van der Waals surface area contributed by atoms with Gasteiger partial charge in [-0.2, -0.15) is 0 Å². The fourth-order valence-corrected chi connectivity index (χ4v) is 3.64. The molecule has 0 fully saturated rings. The maximum absolute atomic E-state index is 12.9. The van der Waals surface area contributed by atoms with Crippen molar-refractivity contribution in [3.05, 3.63) is 69.3 Å². The molecule has 0 bridgehead atoms. The molecule has 1 atom stereocenters. The second-order valence-corrected chi connectivity index (χ2v) is 8.02. The summed E-state index contributed by atoms with van der Waals surface area (Å²) >= 11 is 9.37. The molecule has 7 heteroatoms. The van der Waals surface area contributed by atoms with Gasteiger partial charge in [-0.05, 0) is 55.5 Å². The second-order valence-electron chi connectivity index (χ2n) is 6.67. The van der Waals surface area contributed by atoms with Gasteiger partial charge in [0.25, 0.3) is 5.91 Å². The lowest BCUT2D eigenvalue weighted by Gasteiger charge is -2.29. The quantitative estimate of drug-likeness (QED) is 0.542. The van der Waals surface area contributed by atoms with Gasteiger partial charge < -0.3 is 14.2 Å². The highest BCUT2D eigenvalue weighted by atomic mass is 79.9. The third-order valence-corrected chi connectivity index (χ3v) is 5.51. The molecule has 1 aromatic heterocycles. The zero-order chi connectivity index (χ0) is 19.7. The molecule has 0 saturated heterocycles. The van der Waals surface area contributed by atoms with Crippen LogP contribution in [0, 0.1) is 0 Å². The normalized spacial score (nSPS) is 14.5. The molecule has 28 heavy (non-hydrogen) atoms. The van der Waals surface area contributed by atoms with Crippen LogP contribution < -0.4 is 4.74 Å². The first-order chi connectivity index (χ1) is 13.5. The molecule has 0 N–H and O–H groups in total. The Balaban J connectivity index is 1.50. The summed E-state index contributed by atoms with van der Waals surface area (Å²) in [7, 11) is 0. The number of hydrogen-bond acceptors (Lipinski definition) is 4. The zero-order valence-electron chi connectivity index (χ0n) is 15.2. The van der Waals surface area contributed by atoms with Crippen molar-refractivity contribution in [3.8, 4) is 17.1 Å². The van der Waals surface area contributed by atoms with Gasteiger partial charge >= 0.3 is 0 Å². The third kappa shape index (κ3) is 3.93. The van der Waals surface area contributed by atoms with Crippen molar-refractivity contribution in [2.45, 2.75) is 26.0 Å². The van der Waals surface area contributed by atoms with Gasteiger partial charge in [0, 0.05) is 33.6 Å². The first-order valence-electron chi connectivity index (χ1n) is 8.95. The van der Waals surface area contributed by atoms with E-state index in [1.807, 2.05) is 48.5 Å². The largest absolute Gasteiger partial charge is 0.481 e. The van der Waals surface area contributed by atoms with Crippen LogP contribution in [-0.4, -0.2) is 28.6 Å². The van der Waals surface area contributed by atoms with E-state index in [2.05, 4.69) is 21.1 Å². The Bertz CT molecular complexity index is 986. The lowest BCUT2D eigenvalue weighted by molar-refractivity contribution is -0.138. The maximum atomic E-state index is 12.9. The maximum Gasteiger partial charge on any atom is 0.263 e. The van der Waals surface area contributed by atoms with Crippen molar-refractivity contribution >= 4 is 33.4 Å². The molecular formula is C21H18BrClN2O3. The average Bonchev–Trinajstić information content (AvgIpc) is 3.13. The molecular weight excluding hydrogens is 444 g/mol. The predicted octanol–water partition coefficient (Wildman–Crippen LogP) is 5.11. The van der Waals surface area contributed by atoms with Gasteiger partial charge in [0.05, 0.1) is 12.2 Å². The molecule has 2 heterocycles. The van der Waals surface area contributed by atoms with Crippen LogP contribution in [0.4, 0.5) is 0 Å².